The van der Waals surface area contributed by atoms with Crippen LogP contribution in [0.15, 0.2) is 16.5 Å². The number of hydrogen-bond donors (Lipinski definition) is 1. The van der Waals surface area contributed by atoms with Gasteiger partial charge in [0.2, 0.25) is 0 Å². The first kappa shape index (κ1) is 13.3. The molecule has 1 heterocycles. The van der Waals surface area contributed by atoms with Crippen molar-refractivity contribution in [1.29, 1.82) is 0 Å². The molecule has 2 N–H and O–H groups in total. The van der Waals surface area contributed by atoms with Crippen LogP contribution < -0.4 is 5.73 Å². The Hall–Kier alpha value is -0.800. The highest BCUT2D eigenvalue weighted by molar-refractivity contribution is 5.05. The maximum atomic E-state index is 6.14. The number of hydrogen-bond acceptors (Lipinski definition) is 3. The molecule has 1 unspecified atom stereocenters. The molecular formula is C13H24N2O. The van der Waals surface area contributed by atoms with Gasteiger partial charge >= 0.3 is 0 Å². The monoisotopic (exact) mass is 224 g/mol. The standard InChI is InChI=1S/C13H24N2O/c1-10-6-7-11(16-10)8-15(5)9-12(14)13(2,3)4/h6-7,12H,8-9,14H2,1-5H3. The summed E-state index contributed by atoms with van der Waals surface area (Å²) in [5, 5.41) is 0. The fraction of sp³-hybridized carbons (Fsp3) is 0.692. The van der Waals surface area contributed by atoms with E-state index in [1.807, 2.05) is 19.1 Å². The molecule has 0 fully saturated rings. The lowest BCUT2D eigenvalue weighted by Crippen LogP contribution is -2.43. The summed E-state index contributed by atoms with van der Waals surface area (Å²) in [6.07, 6.45) is 0. The van der Waals surface area contributed by atoms with E-state index < -0.39 is 0 Å². The normalized spacial score (nSPS) is 14.4. The number of furan rings is 1. The van der Waals surface area contributed by atoms with Crippen LogP contribution in [0.3, 0.4) is 0 Å². The molecule has 0 saturated carbocycles. The molecule has 3 nitrogen and oxygen atoms in total. The molecule has 1 atom stereocenters. The van der Waals surface area contributed by atoms with Gasteiger partial charge in [-0.15, -0.1) is 0 Å². The van der Waals surface area contributed by atoms with Gasteiger partial charge in [0.05, 0.1) is 6.54 Å². The summed E-state index contributed by atoms with van der Waals surface area (Å²) in [5.41, 5.74) is 6.28. The Kier molecular flexibility index (Phi) is 4.16. The van der Waals surface area contributed by atoms with E-state index in [4.69, 9.17) is 10.2 Å². The van der Waals surface area contributed by atoms with Crippen LogP contribution in [0.1, 0.15) is 32.3 Å². The summed E-state index contributed by atoms with van der Waals surface area (Å²) >= 11 is 0. The summed E-state index contributed by atoms with van der Waals surface area (Å²) in [4.78, 5) is 2.20. The molecule has 1 rings (SSSR count). The van der Waals surface area contributed by atoms with Crippen molar-refractivity contribution in [2.45, 2.75) is 40.3 Å². The van der Waals surface area contributed by atoms with Crippen LogP contribution in [0.5, 0.6) is 0 Å². The predicted octanol–water partition coefficient (Wildman–Crippen LogP) is 2.39. The molecule has 0 saturated heterocycles. The van der Waals surface area contributed by atoms with Gasteiger partial charge in [-0.1, -0.05) is 20.8 Å². The van der Waals surface area contributed by atoms with Gasteiger partial charge in [0.25, 0.3) is 0 Å². The van der Waals surface area contributed by atoms with E-state index in [1.165, 1.54) is 0 Å². The summed E-state index contributed by atoms with van der Waals surface area (Å²) in [5.74, 6) is 1.96. The van der Waals surface area contributed by atoms with Gasteiger partial charge in [-0.3, -0.25) is 4.90 Å². The van der Waals surface area contributed by atoms with Gasteiger partial charge in [0.15, 0.2) is 0 Å². The zero-order valence-electron chi connectivity index (χ0n) is 11.1. The second kappa shape index (κ2) is 5.02. The van der Waals surface area contributed by atoms with Crippen molar-refractivity contribution in [1.82, 2.24) is 4.90 Å². The number of likely N-dealkylation sites (N-methyl/N-ethyl adjacent to an activating group) is 1. The molecule has 0 aliphatic rings. The van der Waals surface area contributed by atoms with E-state index in [0.717, 1.165) is 24.6 Å². The molecule has 0 bridgehead atoms. The molecule has 3 heteroatoms. The maximum absolute atomic E-state index is 6.14. The van der Waals surface area contributed by atoms with E-state index in [9.17, 15) is 0 Å². The summed E-state index contributed by atoms with van der Waals surface area (Å²) in [6.45, 7) is 10.2. The highest BCUT2D eigenvalue weighted by atomic mass is 16.3. The predicted molar refractivity (Wildman–Crippen MR) is 67.2 cm³/mol. The smallest absolute Gasteiger partial charge is 0.118 e. The van der Waals surface area contributed by atoms with Gasteiger partial charge in [-0.2, -0.15) is 0 Å². The largest absolute Gasteiger partial charge is 0.465 e. The van der Waals surface area contributed by atoms with Crippen molar-refractivity contribution >= 4 is 0 Å². The van der Waals surface area contributed by atoms with E-state index in [2.05, 4.69) is 32.7 Å². The highest BCUT2D eigenvalue weighted by Crippen LogP contribution is 2.18. The molecule has 0 aromatic carbocycles. The Labute approximate surface area is 98.6 Å². The second-order valence-electron chi connectivity index (χ2n) is 5.68. The Morgan fingerprint density at radius 2 is 2.00 bits per heavy atom. The first-order chi connectivity index (χ1) is 7.29. The number of nitrogens with two attached hydrogens (primary N) is 1. The fourth-order valence-corrected chi connectivity index (χ4v) is 1.51. The van der Waals surface area contributed by atoms with Crippen LogP contribution >= 0.6 is 0 Å². The molecule has 16 heavy (non-hydrogen) atoms. The molecule has 0 aliphatic heterocycles. The molecule has 92 valence electrons. The van der Waals surface area contributed by atoms with Crippen LogP contribution in [0, 0.1) is 12.3 Å². The fourth-order valence-electron chi connectivity index (χ4n) is 1.51. The summed E-state index contributed by atoms with van der Waals surface area (Å²) in [7, 11) is 2.07. The average Bonchev–Trinajstić information content (AvgIpc) is 2.49. The van der Waals surface area contributed by atoms with E-state index in [-0.39, 0.29) is 11.5 Å². The quantitative estimate of drug-likeness (QED) is 0.854. The van der Waals surface area contributed by atoms with Crippen molar-refractivity contribution < 1.29 is 4.42 Å². The third kappa shape index (κ3) is 3.99. The zero-order chi connectivity index (χ0) is 12.3. The van der Waals surface area contributed by atoms with Gasteiger partial charge in [-0.05, 0) is 31.5 Å². The van der Waals surface area contributed by atoms with Gasteiger partial charge < -0.3 is 10.2 Å². The molecule has 0 spiro atoms. The van der Waals surface area contributed by atoms with E-state index in [0.29, 0.717) is 0 Å². The number of rotatable bonds is 4. The third-order valence-corrected chi connectivity index (χ3v) is 2.84. The molecule has 0 amide bonds. The average molecular weight is 224 g/mol. The number of aryl methyl sites for hydroxylation is 1. The van der Waals surface area contributed by atoms with Crippen molar-refractivity contribution in [2.75, 3.05) is 13.6 Å². The Bertz CT molecular complexity index is 325. The van der Waals surface area contributed by atoms with Crippen LogP contribution in [0.25, 0.3) is 0 Å². The van der Waals surface area contributed by atoms with Crippen molar-refractivity contribution in [3.8, 4) is 0 Å². The minimum atomic E-state index is 0.146. The molecule has 1 aromatic rings. The highest BCUT2D eigenvalue weighted by Gasteiger charge is 2.22. The van der Waals surface area contributed by atoms with Crippen LogP contribution in [-0.2, 0) is 6.54 Å². The van der Waals surface area contributed by atoms with Crippen molar-refractivity contribution in [3.63, 3.8) is 0 Å². The van der Waals surface area contributed by atoms with Crippen LogP contribution in [0.2, 0.25) is 0 Å². The van der Waals surface area contributed by atoms with Gasteiger partial charge in [0, 0.05) is 12.6 Å². The van der Waals surface area contributed by atoms with E-state index >= 15 is 0 Å². The van der Waals surface area contributed by atoms with Gasteiger partial charge in [0.1, 0.15) is 11.5 Å². The molecule has 0 radical (unpaired) electrons. The maximum Gasteiger partial charge on any atom is 0.118 e. The minimum Gasteiger partial charge on any atom is -0.465 e. The first-order valence-electron chi connectivity index (χ1n) is 5.78. The van der Waals surface area contributed by atoms with Gasteiger partial charge in [-0.25, -0.2) is 0 Å². The van der Waals surface area contributed by atoms with Crippen molar-refractivity contribution in [2.24, 2.45) is 11.1 Å². The minimum absolute atomic E-state index is 0.146. The van der Waals surface area contributed by atoms with E-state index in [1.54, 1.807) is 0 Å². The topological polar surface area (TPSA) is 42.4 Å². The first-order valence-corrected chi connectivity index (χ1v) is 5.78. The van der Waals surface area contributed by atoms with Crippen molar-refractivity contribution in [3.05, 3.63) is 23.7 Å². The lowest BCUT2D eigenvalue weighted by atomic mass is 9.87. The Morgan fingerprint density at radius 1 is 1.38 bits per heavy atom. The lowest BCUT2D eigenvalue weighted by Gasteiger charge is -2.30. The summed E-state index contributed by atoms with van der Waals surface area (Å²) < 4.78 is 5.54. The lowest BCUT2D eigenvalue weighted by molar-refractivity contribution is 0.211. The summed E-state index contributed by atoms with van der Waals surface area (Å²) in [6, 6.07) is 4.19. The molecule has 0 aliphatic carbocycles. The SMILES string of the molecule is Cc1ccc(CN(C)CC(N)C(C)(C)C)o1. The van der Waals surface area contributed by atoms with Crippen LogP contribution in [-0.4, -0.2) is 24.5 Å². The molecule has 1 aromatic heterocycles. The Morgan fingerprint density at radius 3 is 2.44 bits per heavy atom. The number of nitrogens with zero attached hydrogens (tertiary/aromatic N) is 1. The van der Waals surface area contributed by atoms with Crippen LogP contribution in [0.4, 0.5) is 0 Å². The second-order valence-corrected chi connectivity index (χ2v) is 5.68. The molecular weight excluding hydrogens is 200 g/mol. The third-order valence-electron chi connectivity index (χ3n) is 2.84. The Balaban J connectivity index is 2.45. The zero-order valence-corrected chi connectivity index (χ0v) is 11.1.